The molecule has 0 radical (unpaired) electrons. The van der Waals surface area contributed by atoms with Crippen molar-refractivity contribution in [3.05, 3.63) is 29.3 Å². The standard InChI is InChI=1S/C15H22ClNO2S/c1-3-8-17(11-13-6-7-13)20(18,19)15-9-14(10-16)5-4-12(15)2/h4-5,9,13H,3,6-8,10-11H2,1-2H3. The molecule has 0 saturated heterocycles. The second-order valence-electron chi connectivity index (χ2n) is 5.54. The van der Waals surface area contributed by atoms with E-state index in [4.69, 9.17) is 11.6 Å². The molecule has 3 nitrogen and oxygen atoms in total. The Kier molecular flexibility index (Phi) is 5.10. The van der Waals surface area contributed by atoms with E-state index >= 15 is 0 Å². The lowest BCUT2D eigenvalue weighted by Gasteiger charge is -2.23. The SMILES string of the molecule is CCCN(CC1CC1)S(=O)(=O)c1cc(CCl)ccc1C. The average molecular weight is 316 g/mol. The van der Waals surface area contributed by atoms with Crippen molar-refractivity contribution < 1.29 is 8.42 Å². The zero-order valence-electron chi connectivity index (χ0n) is 12.1. The number of hydrogen-bond donors (Lipinski definition) is 0. The monoisotopic (exact) mass is 315 g/mol. The van der Waals surface area contributed by atoms with E-state index in [1.165, 1.54) is 0 Å². The van der Waals surface area contributed by atoms with Crippen molar-refractivity contribution in [2.75, 3.05) is 13.1 Å². The number of hydrogen-bond acceptors (Lipinski definition) is 2. The number of nitrogens with zero attached hydrogens (tertiary/aromatic N) is 1. The Labute approximate surface area is 127 Å². The van der Waals surface area contributed by atoms with Crippen LogP contribution in [0.2, 0.25) is 0 Å². The Morgan fingerprint density at radius 3 is 2.60 bits per heavy atom. The molecule has 1 aliphatic rings. The fourth-order valence-electron chi connectivity index (χ4n) is 2.29. The zero-order valence-corrected chi connectivity index (χ0v) is 13.7. The highest BCUT2D eigenvalue weighted by Gasteiger charge is 2.31. The van der Waals surface area contributed by atoms with E-state index < -0.39 is 10.0 Å². The summed E-state index contributed by atoms with van der Waals surface area (Å²) in [4.78, 5) is 0.407. The Hall–Kier alpha value is -0.580. The molecule has 1 aliphatic carbocycles. The van der Waals surface area contributed by atoms with Gasteiger partial charge in [0, 0.05) is 19.0 Å². The van der Waals surface area contributed by atoms with E-state index in [2.05, 4.69) is 0 Å². The topological polar surface area (TPSA) is 37.4 Å². The van der Waals surface area contributed by atoms with Gasteiger partial charge in [-0.2, -0.15) is 4.31 Å². The maximum absolute atomic E-state index is 12.9. The fraction of sp³-hybridized carbons (Fsp3) is 0.600. The highest BCUT2D eigenvalue weighted by atomic mass is 35.5. The lowest BCUT2D eigenvalue weighted by atomic mass is 10.2. The van der Waals surface area contributed by atoms with Gasteiger partial charge in [0.25, 0.3) is 0 Å². The van der Waals surface area contributed by atoms with Crippen LogP contribution < -0.4 is 0 Å². The number of sulfonamides is 1. The van der Waals surface area contributed by atoms with Gasteiger partial charge in [0.05, 0.1) is 4.90 Å². The molecular formula is C15H22ClNO2S. The first kappa shape index (κ1) is 15.8. The lowest BCUT2D eigenvalue weighted by molar-refractivity contribution is 0.395. The minimum atomic E-state index is -3.41. The molecule has 0 atom stereocenters. The van der Waals surface area contributed by atoms with Crippen molar-refractivity contribution in [3.63, 3.8) is 0 Å². The quantitative estimate of drug-likeness (QED) is 0.722. The van der Waals surface area contributed by atoms with Crippen LogP contribution in [0.5, 0.6) is 0 Å². The van der Waals surface area contributed by atoms with Crippen LogP contribution in [0.25, 0.3) is 0 Å². The molecule has 0 heterocycles. The molecule has 2 rings (SSSR count). The Balaban J connectivity index is 2.35. The third-order valence-corrected chi connectivity index (χ3v) is 5.97. The molecule has 0 bridgehead atoms. The maximum atomic E-state index is 12.9. The molecule has 0 aliphatic heterocycles. The zero-order chi connectivity index (χ0) is 14.8. The van der Waals surface area contributed by atoms with Crippen molar-refractivity contribution in [1.82, 2.24) is 4.31 Å². The summed E-state index contributed by atoms with van der Waals surface area (Å²) >= 11 is 5.83. The number of rotatable bonds is 7. The van der Waals surface area contributed by atoms with Crippen LogP contribution in [-0.2, 0) is 15.9 Å². The number of benzene rings is 1. The second-order valence-corrected chi connectivity index (χ2v) is 7.71. The third-order valence-electron chi connectivity index (χ3n) is 3.66. The first-order chi connectivity index (χ1) is 9.48. The van der Waals surface area contributed by atoms with Crippen LogP contribution in [0, 0.1) is 12.8 Å². The Bertz CT molecular complexity index is 567. The predicted molar refractivity (Wildman–Crippen MR) is 82.5 cm³/mol. The molecule has 1 saturated carbocycles. The molecule has 1 aromatic carbocycles. The third kappa shape index (κ3) is 3.54. The number of aryl methyl sites for hydroxylation is 1. The first-order valence-electron chi connectivity index (χ1n) is 7.14. The maximum Gasteiger partial charge on any atom is 0.243 e. The minimum absolute atomic E-state index is 0.333. The van der Waals surface area contributed by atoms with Crippen LogP contribution in [-0.4, -0.2) is 25.8 Å². The summed E-state index contributed by atoms with van der Waals surface area (Å²) in [5, 5.41) is 0. The van der Waals surface area contributed by atoms with Gasteiger partial charge < -0.3 is 0 Å². The van der Waals surface area contributed by atoms with E-state index in [1.54, 1.807) is 10.4 Å². The summed E-state index contributed by atoms with van der Waals surface area (Å²) in [6, 6.07) is 5.44. The Morgan fingerprint density at radius 1 is 1.35 bits per heavy atom. The van der Waals surface area contributed by atoms with Gasteiger partial charge in [0.2, 0.25) is 10.0 Å². The molecule has 5 heteroatoms. The highest BCUT2D eigenvalue weighted by molar-refractivity contribution is 7.89. The van der Waals surface area contributed by atoms with E-state index in [0.717, 1.165) is 30.4 Å². The smallest absolute Gasteiger partial charge is 0.207 e. The molecule has 0 unspecified atom stereocenters. The molecule has 0 amide bonds. The fourth-order valence-corrected chi connectivity index (χ4v) is 4.34. The molecule has 112 valence electrons. The van der Waals surface area contributed by atoms with Gasteiger partial charge in [-0.15, -0.1) is 11.6 Å². The molecule has 0 spiro atoms. The summed E-state index contributed by atoms with van der Waals surface area (Å²) in [6.45, 7) is 5.09. The van der Waals surface area contributed by atoms with Gasteiger partial charge in [-0.25, -0.2) is 8.42 Å². The van der Waals surface area contributed by atoms with Crippen molar-refractivity contribution in [3.8, 4) is 0 Å². The van der Waals surface area contributed by atoms with Gasteiger partial charge in [0.1, 0.15) is 0 Å². The Morgan fingerprint density at radius 2 is 2.05 bits per heavy atom. The summed E-state index contributed by atoms with van der Waals surface area (Å²) in [7, 11) is -3.41. The molecule has 1 fully saturated rings. The van der Waals surface area contributed by atoms with Gasteiger partial charge in [0.15, 0.2) is 0 Å². The van der Waals surface area contributed by atoms with Gasteiger partial charge >= 0.3 is 0 Å². The lowest BCUT2D eigenvalue weighted by Crippen LogP contribution is -2.34. The largest absolute Gasteiger partial charge is 0.243 e. The van der Waals surface area contributed by atoms with E-state index in [-0.39, 0.29) is 0 Å². The molecule has 20 heavy (non-hydrogen) atoms. The number of halogens is 1. The molecule has 0 N–H and O–H groups in total. The highest BCUT2D eigenvalue weighted by Crippen LogP contribution is 2.32. The van der Waals surface area contributed by atoms with E-state index in [0.29, 0.717) is 29.8 Å². The molecular weight excluding hydrogens is 294 g/mol. The van der Waals surface area contributed by atoms with Gasteiger partial charge in [-0.1, -0.05) is 19.1 Å². The predicted octanol–water partition coefficient (Wildman–Crippen LogP) is 3.54. The van der Waals surface area contributed by atoms with Crippen LogP contribution in [0.4, 0.5) is 0 Å². The van der Waals surface area contributed by atoms with Crippen molar-refractivity contribution in [1.29, 1.82) is 0 Å². The van der Waals surface area contributed by atoms with Crippen LogP contribution in [0.3, 0.4) is 0 Å². The van der Waals surface area contributed by atoms with Crippen molar-refractivity contribution in [2.45, 2.75) is 43.9 Å². The van der Waals surface area contributed by atoms with Crippen molar-refractivity contribution in [2.24, 2.45) is 5.92 Å². The number of alkyl halides is 1. The normalized spacial score (nSPS) is 15.8. The van der Waals surface area contributed by atoms with Crippen LogP contribution >= 0.6 is 11.6 Å². The van der Waals surface area contributed by atoms with Gasteiger partial charge in [-0.3, -0.25) is 0 Å². The summed E-state index contributed by atoms with van der Waals surface area (Å²) in [5.41, 5.74) is 1.63. The van der Waals surface area contributed by atoms with Crippen LogP contribution in [0.15, 0.2) is 23.1 Å². The van der Waals surface area contributed by atoms with Crippen LogP contribution in [0.1, 0.15) is 37.3 Å². The van der Waals surface area contributed by atoms with Crippen molar-refractivity contribution >= 4 is 21.6 Å². The summed E-state index contributed by atoms with van der Waals surface area (Å²) < 4.78 is 27.4. The summed E-state index contributed by atoms with van der Waals surface area (Å²) in [6.07, 6.45) is 3.13. The van der Waals surface area contributed by atoms with Gasteiger partial charge in [-0.05, 0) is 49.3 Å². The minimum Gasteiger partial charge on any atom is -0.207 e. The van der Waals surface area contributed by atoms with E-state index in [9.17, 15) is 8.42 Å². The average Bonchev–Trinajstić information content (AvgIpc) is 3.22. The van der Waals surface area contributed by atoms with E-state index in [1.807, 2.05) is 26.0 Å². The summed E-state index contributed by atoms with van der Waals surface area (Å²) in [5.74, 6) is 0.881. The first-order valence-corrected chi connectivity index (χ1v) is 9.12. The molecule has 0 aromatic heterocycles. The second kappa shape index (κ2) is 6.46. The molecule has 1 aromatic rings.